The highest BCUT2D eigenvalue weighted by atomic mass is 16.6. The Morgan fingerprint density at radius 1 is 0.870 bits per heavy atom. The normalized spacial score (nSPS) is 13.6. The van der Waals surface area contributed by atoms with Crippen LogP contribution in [0.25, 0.3) is 10.8 Å². The smallest absolute Gasteiger partial charge is 0.336 e. The van der Waals surface area contributed by atoms with Gasteiger partial charge in [-0.3, -0.25) is 4.79 Å². The number of amides is 1. The van der Waals surface area contributed by atoms with Crippen molar-refractivity contribution in [2.45, 2.75) is 76.9 Å². The lowest BCUT2D eigenvalue weighted by molar-refractivity contribution is -0.177. The Hall–Kier alpha value is -3.95. The van der Waals surface area contributed by atoms with Gasteiger partial charge in [-0.15, -0.1) is 0 Å². The van der Waals surface area contributed by atoms with Crippen LogP contribution in [0.2, 0.25) is 0 Å². The Morgan fingerprint density at radius 3 is 2.48 bits per heavy atom. The minimum atomic E-state index is -1.64. The van der Waals surface area contributed by atoms with Crippen molar-refractivity contribution in [3.05, 3.63) is 77.4 Å². The quantitative estimate of drug-likeness (QED) is 0.119. The van der Waals surface area contributed by atoms with E-state index in [4.69, 9.17) is 14.2 Å². The predicted molar refractivity (Wildman–Crippen MR) is 179 cm³/mol. The van der Waals surface area contributed by atoms with Gasteiger partial charge in [0.1, 0.15) is 6.61 Å². The van der Waals surface area contributed by atoms with Gasteiger partial charge in [-0.1, -0.05) is 55.0 Å². The molecule has 0 aliphatic heterocycles. The van der Waals surface area contributed by atoms with Crippen LogP contribution in [0.5, 0.6) is 0 Å². The number of rotatable bonds is 20. The van der Waals surface area contributed by atoms with Crippen molar-refractivity contribution >= 4 is 34.3 Å². The molecule has 46 heavy (non-hydrogen) atoms. The second-order valence-electron chi connectivity index (χ2n) is 11.9. The molecule has 0 radical (unpaired) electrons. The van der Waals surface area contributed by atoms with Gasteiger partial charge >= 0.3 is 11.9 Å². The average molecular weight is 633 g/mol. The molecule has 0 saturated heterocycles. The highest BCUT2D eigenvalue weighted by molar-refractivity contribution is 5.88. The van der Waals surface area contributed by atoms with Gasteiger partial charge in [0.05, 0.1) is 6.61 Å². The van der Waals surface area contributed by atoms with Crippen molar-refractivity contribution in [2.75, 3.05) is 45.3 Å². The van der Waals surface area contributed by atoms with Crippen molar-refractivity contribution in [3.8, 4) is 0 Å². The Morgan fingerprint density at radius 2 is 1.67 bits per heavy atom. The number of carbonyl (C=O) groups excluding carboxylic acids is 2. The van der Waals surface area contributed by atoms with E-state index in [1.54, 1.807) is 14.0 Å². The number of unbranched alkanes of at least 4 members (excludes halogenated alkanes) is 3. The summed E-state index contributed by atoms with van der Waals surface area (Å²) in [4.78, 5) is 39.1. The first-order valence-electron chi connectivity index (χ1n) is 16.6. The van der Waals surface area contributed by atoms with Crippen LogP contribution in [0.3, 0.4) is 0 Å². The van der Waals surface area contributed by atoms with Gasteiger partial charge in [-0.25, -0.2) is 9.59 Å². The number of benzene rings is 3. The van der Waals surface area contributed by atoms with E-state index < -0.39 is 36.7 Å². The summed E-state index contributed by atoms with van der Waals surface area (Å²) < 4.78 is 16.2. The van der Waals surface area contributed by atoms with Crippen molar-refractivity contribution in [1.29, 1.82) is 0 Å². The molecule has 1 amide bonds. The Bertz CT molecular complexity index is 1440. The summed E-state index contributed by atoms with van der Waals surface area (Å²) in [5, 5.41) is 15.8. The fourth-order valence-electron chi connectivity index (χ4n) is 5.87. The maximum Gasteiger partial charge on any atom is 0.336 e. The maximum atomic E-state index is 13.5. The number of likely N-dealkylation sites (N-methyl/N-ethyl adjacent to an activating group) is 1. The first kappa shape index (κ1) is 34.9. The number of nitrogens with one attached hydrogen (secondary N) is 1. The molecule has 9 heteroatoms. The highest BCUT2D eigenvalue weighted by Crippen LogP contribution is 2.25. The number of aryl methyl sites for hydroxylation is 3. The zero-order chi connectivity index (χ0) is 32.7. The molecule has 0 unspecified atom stereocenters. The van der Waals surface area contributed by atoms with E-state index in [1.807, 2.05) is 12.1 Å². The molecule has 0 fully saturated rings. The molecule has 0 aromatic heterocycles. The van der Waals surface area contributed by atoms with E-state index >= 15 is 0 Å². The lowest BCUT2D eigenvalue weighted by atomic mass is 10.0. The summed E-state index contributed by atoms with van der Waals surface area (Å²) in [6.07, 6.45) is 5.42. The van der Waals surface area contributed by atoms with Crippen LogP contribution in [-0.4, -0.2) is 80.0 Å². The fraction of sp³-hybridized carbons (Fsp3) is 0.486. The Labute approximate surface area is 272 Å². The molecule has 1 aliphatic rings. The highest BCUT2D eigenvalue weighted by Gasteiger charge is 2.38. The first-order chi connectivity index (χ1) is 22.4. The molecule has 248 valence electrons. The van der Waals surface area contributed by atoms with Crippen LogP contribution in [0.1, 0.15) is 62.1 Å². The van der Waals surface area contributed by atoms with Crippen molar-refractivity contribution in [1.82, 2.24) is 4.90 Å². The number of anilines is 1. The lowest BCUT2D eigenvalue weighted by Gasteiger charge is -2.28. The van der Waals surface area contributed by atoms with Crippen molar-refractivity contribution in [2.24, 2.45) is 0 Å². The number of hydrogen-bond donors (Lipinski definition) is 2. The summed E-state index contributed by atoms with van der Waals surface area (Å²) in [6.45, 7) is 2.56. The van der Waals surface area contributed by atoms with Gasteiger partial charge in [0, 0.05) is 32.4 Å². The van der Waals surface area contributed by atoms with Gasteiger partial charge in [0.25, 0.3) is 5.91 Å². The van der Waals surface area contributed by atoms with Crippen LogP contribution >= 0.6 is 0 Å². The van der Waals surface area contributed by atoms with E-state index in [1.165, 1.54) is 38.8 Å². The third-order valence-corrected chi connectivity index (χ3v) is 8.39. The number of aliphatic carboxylic acids is 1. The van der Waals surface area contributed by atoms with E-state index in [0.29, 0.717) is 13.0 Å². The number of carboxylic acids is 1. The van der Waals surface area contributed by atoms with Crippen LogP contribution in [0, 0.1) is 0 Å². The average Bonchev–Trinajstić information content (AvgIpc) is 3.53. The van der Waals surface area contributed by atoms with E-state index in [9.17, 15) is 19.5 Å². The summed E-state index contributed by atoms with van der Waals surface area (Å²) >= 11 is 0. The van der Waals surface area contributed by atoms with Gasteiger partial charge < -0.3 is 29.5 Å². The topological polar surface area (TPSA) is 114 Å². The van der Waals surface area contributed by atoms with Gasteiger partial charge in [-0.2, -0.15) is 0 Å². The number of nitrogens with zero attached hydrogens (tertiary/aromatic N) is 1. The first-order valence-corrected chi connectivity index (χ1v) is 16.6. The summed E-state index contributed by atoms with van der Waals surface area (Å²) in [6, 6.07) is 21.3. The molecule has 2 N–H and O–H groups in total. The van der Waals surface area contributed by atoms with E-state index in [0.717, 1.165) is 57.2 Å². The molecular formula is C37H48N2O7. The lowest BCUT2D eigenvalue weighted by Crippen LogP contribution is -2.50. The summed E-state index contributed by atoms with van der Waals surface area (Å²) in [5.74, 6) is -2.55. The SMILES string of the molecule is CCOC(=O)CO[C@@H](C(=O)O)[C@@H](OCCCCNc1ccc2c(c1)CCC2)C(=O)N(C)CCCCCc1ccc2ccccc2c1. The largest absolute Gasteiger partial charge is 0.479 e. The minimum absolute atomic E-state index is 0.141. The summed E-state index contributed by atoms with van der Waals surface area (Å²) in [7, 11) is 1.65. The zero-order valence-corrected chi connectivity index (χ0v) is 27.2. The monoisotopic (exact) mass is 632 g/mol. The zero-order valence-electron chi connectivity index (χ0n) is 27.2. The Balaban J connectivity index is 1.25. The number of fused-ring (bicyclic) bond motifs is 2. The minimum Gasteiger partial charge on any atom is -0.479 e. The van der Waals surface area contributed by atoms with Crippen molar-refractivity contribution < 1.29 is 33.7 Å². The van der Waals surface area contributed by atoms with Crippen LogP contribution in [-0.2, 0) is 47.9 Å². The number of hydrogen-bond acceptors (Lipinski definition) is 7. The maximum absolute atomic E-state index is 13.5. The van der Waals surface area contributed by atoms with Crippen LogP contribution in [0.15, 0.2) is 60.7 Å². The molecule has 0 spiro atoms. The number of ether oxygens (including phenoxy) is 3. The molecule has 0 saturated carbocycles. The molecule has 1 aliphatic carbocycles. The predicted octanol–water partition coefficient (Wildman–Crippen LogP) is 5.81. The molecule has 3 aromatic rings. The van der Waals surface area contributed by atoms with Gasteiger partial charge in [0.2, 0.25) is 0 Å². The van der Waals surface area contributed by atoms with Crippen LogP contribution < -0.4 is 5.32 Å². The van der Waals surface area contributed by atoms with Crippen LogP contribution in [0.4, 0.5) is 5.69 Å². The third-order valence-electron chi connectivity index (χ3n) is 8.39. The molecule has 0 heterocycles. The second-order valence-corrected chi connectivity index (χ2v) is 11.9. The van der Waals surface area contributed by atoms with Crippen molar-refractivity contribution in [3.63, 3.8) is 0 Å². The Kier molecular flexibility index (Phi) is 13.9. The number of carbonyl (C=O) groups is 3. The second kappa shape index (κ2) is 18.3. The molecule has 9 nitrogen and oxygen atoms in total. The standard InChI is InChI=1S/C37H48N2O7/c1-3-44-33(40)26-46-35(37(42)43)34(45-23-10-8-21-38-32-20-19-29-15-11-16-31(29)25-32)36(41)39(2)22-9-4-5-12-27-17-18-28-13-6-7-14-30(28)24-27/h6-7,13-14,17-20,24-25,34-35,38H,3-5,8-12,15-16,21-23,26H2,1-2H3,(H,42,43)/t34-,35-/m1/s1. The fourth-order valence-corrected chi connectivity index (χ4v) is 5.87. The van der Waals surface area contributed by atoms with Gasteiger partial charge in [-0.05, 0) is 97.9 Å². The molecular weight excluding hydrogens is 584 g/mol. The number of carboxylic acid groups (broad SMARTS) is 1. The molecule has 2 atom stereocenters. The number of esters is 1. The molecule has 3 aromatic carbocycles. The van der Waals surface area contributed by atoms with E-state index in [-0.39, 0.29) is 13.2 Å². The third kappa shape index (κ3) is 10.6. The molecule has 4 rings (SSSR count). The van der Waals surface area contributed by atoms with E-state index in [2.05, 4.69) is 53.8 Å². The molecule has 0 bridgehead atoms. The summed E-state index contributed by atoms with van der Waals surface area (Å²) in [5.41, 5.74) is 5.21. The van der Waals surface area contributed by atoms with Gasteiger partial charge in [0.15, 0.2) is 12.2 Å².